The Morgan fingerprint density at radius 2 is 2.13 bits per heavy atom. The number of aromatic nitrogens is 4. The normalized spacial score (nSPS) is 16.4. The first-order valence-corrected chi connectivity index (χ1v) is 7.74. The molecule has 3 rings (SSSR count). The third-order valence-electron chi connectivity index (χ3n) is 3.97. The number of esters is 1. The Balaban J connectivity index is 1.65. The van der Waals surface area contributed by atoms with E-state index in [1.54, 1.807) is 19.2 Å². The lowest BCUT2D eigenvalue weighted by atomic mass is 10.2. The van der Waals surface area contributed by atoms with Gasteiger partial charge in [-0.25, -0.2) is 14.3 Å². The summed E-state index contributed by atoms with van der Waals surface area (Å²) in [5.74, 6) is -0.806. The number of ether oxygens (including phenoxy) is 1. The maximum Gasteiger partial charge on any atom is 0.379 e. The summed E-state index contributed by atoms with van der Waals surface area (Å²) in [7, 11) is 0. The van der Waals surface area contributed by atoms with Crippen LogP contribution in [0.5, 0.6) is 0 Å². The van der Waals surface area contributed by atoms with Gasteiger partial charge in [-0.2, -0.15) is 4.98 Å². The lowest BCUT2D eigenvalue weighted by molar-refractivity contribution is -0.129. The van der Waals surface area contributed by atoms with E-state index in [-0.39, 0.29) is 17.8 Å². The third kappa shape index (κ3) is 3.30. The van der Waals surface area contributed by atoms with Crippen molar-refractivity contribution in [1.29, 1.82) is 0 Å². The molecule has 1 atom stereocenters. The number of nitrogens with one attached hydrogen (secondary N) is 1. The molecule has 23 heavy (non-hydrogen) atoms. The van der Waals surface area contributed by atoms with Gasteiger partial charge in [-0.3, -0.25) is 4.79 Å². The monoisotopic (exact) mass is 317 g/mol. The SMILES string of the molecule is Cc1ccnc2nc(C(=O)O[C@@H](C)C(=O)NC3CCCC3)nn12. The number of carbonyl (C=O) groups excluding carboxylic acids is 2. The van der Waals surface area contributed by atoms with Gasteiger partial charge in [-0.05, 0) is 32.8 Å². The van der Waals surface area contributed by atoms with Gasteiger partial charge in [-0.15, -0.1) is 5.10 Å². The van der Waals surface area contributed by atoms with E-state index in [0.717, 1.165) is 31.4 Å². The first kappa shape index (κ1) is 15.4. The van der Waals surface area contributed by atoms with Crippen LogP contribution in [0.2, 0.25) is 0 Å². The van der Waals surface area contributed by atoms with E-state index in [9.17, 15) is 9.59 Å². The summed E-state index contributed by atoms with van der Waals surface area (Å²) in [6.07, 6.45) is 4.90. The molecule has 1 aliphatic carbocycles. The second kappa shape index (κ2) is 6.31. The molecule has 2 aromatic heterocycles. The molecule has 0 bridgehead atoms. The Bertz CT molecular complexity index is 736. The Morgan fingerprint density at radius 1 is 1.39 bits per heavy atom. The van der Waals surface area contributed by atoms with Gasteiger partial charge in [0, 0.05) is 17.9 Å². The number of hydrogen-bond donors (Lipinski definition) is 1. The first-order chi connectivity index (χ1) is 11.0. The van der Waals surface area contributed by atoms with Crippen LogP contribution in [0, 0.1) is 6.92 Å². The average Bonchev–Trinajstić information content (AvgIpc) is 3.16. The number of carbonyl (C=O) groups is 2. The van der Waals surface area contributed by atoms with Gasteiger partial charge in [0.25, 0.3) is 17.5 Å². The summed E-state index contributed by atoms with van der Waals surface area (Å²) < 4.78 is 6.62. The molecule has 0 aromatic carbocycles. The Labute approximate surface area is 133 Å². The van der Waals surface area contributed by atoms with Crippen molar-refractivity contribution in [2.24, 2.45) is 0 Å². The maximum atomic E-state index is 12.1. The van der Waals surface area contributed by atoms with Gasteiger partial charge < -0.3 is 10.1 Å². The minimum Gasteiger partial charge on any atom is -0.447 e. The Kier molecular flexibility index (Phi) is 4.22. The smallest absolute Gasteiger partial charge is 0.379 e. The van der Waals surface area contributed by atoms with Gasteiger partial charge in [0.05, 0.1) is 0 Å². The molecule has 8 nitrogen and oxygen atoms in total. The van der Waals surface area contributed by atoms with Crippen LogP contribution in [-0.2, 0) is 9.53 Å². The fourth-order valence-electron chi connectivity index (χ4n) is 2.65. The molecule has 0 radical (unpaired) electrons. The first-order valence-electron chi connectivity index (χ1n) is 7.74. The van der Waals surface area contributed by atoms with Crippen molar-refractivity contribution < 1.29 is 14.3 Å². The summed E-state index contributed by atoms with van der Waals surface area (Å²) in [4.78, 5) is 32.2. The number of rotatable bonds is 4. The number of aryl methyl sites for hydroxylation is 1. The number of hydrogen-bond acceptors (Lipinski definition) is 6. The van der Waals surface area contributed by atoms with E-state index in [2.05, 4.69) is 20.4 Å². The zero-order valence-electron chi connectivity index (χ0n) is 13.2. The summed E-state index contributed by atoms with van der Waals surface area (Å²) in [6, 6.07) is 1.94. The van der Waals surface area contributed by atoms with Crippen LogP contribution >= 0.6 is 0 Å². The van der Waals surface area contributed by atoms with Gasteiger partial charge >= 0.3 is 5.97 Å². The molecule has 1 fully saturated rings. The van der Waals surface area contributed by atoms with E-state index in [4.69, 9.17) is 4.74 Å². The van der Waals surface area contributed by atoms with E-state index in [1.165, 1.54) is 4.52 Å². The number of fused-ring (bicyclic) bond motifs is 1. The van der Waals surface area contributed by atoms with Gasteiger partial charge in [0.15, 0.2) is 6.10 Å². The van der Waals surface area contributed by atoms with Crippen molar-refractivity contribution in [3.8, 4) is 0 Å². The zero-order chi connectivity index (χ0) is 16.4. The molecule has 1 N–H and O–H groups in total. The summed E-state index contributed by atoms with van der Waals surface area (Å²) in [6.45, 7) is 3.37. The van der Waals surface area contributed by atoms with Crippen LogP contribution in [0.4, 0.5) is 0 Å². The summed E-state index contributed by atoms with van der Waals surface area (Å²) in [5.41, 5.74) is 0.800. The Hall–Kier alpha value is -2.51. The molecule has 0 aliphatic heterocycles. The fourth-order valence-corrected chi connectivity index (χ4v) is 2.65. The predicted octanol–water partition coefficient (Wildman–Crippen LogP) is 1.04. The molecule has 2 heterocycles. The Morgan fingerprint density at radius 3 is 2.83 bits per heavy atom. The lowest BCUT2D eigenvalue weighted by Gasteiger charge is -2.16. The summed E-state index contributed by atoms with van der Waals surface area (Å²) in [5, 5.41) is 6.96. The molecular weight excluding hydrogens is 298 g/mol. The highest BCUT2D eigenvalue weighted by molar-refractivity contribution is 5.89. The van der Waals surface area contributed by atoms with Crippen LogP contribution in [0.15, 0.2) is 12.3 Å². The van der Waals surface area contributed by atoms with Gasteiger partial charge in [0.1, 0.15) is 0 Å². The molecule has 1 saturated carbocycles. The molecule has 1 amide bonds. The van der Waals surface area contributed by atoms with Crippen LogP contribution in [0.1, 0.15) is 48.9 Å². The molecule has 1 aliphatic rings. The van der Waals surface area contributed by atoms with E-state index >= 15 is 0 Å². The zero-order valence-corrected chi connectivity index (χ0v) is 13.2. The average molecular weight is 317 g/mol. The van der Waals surface area contributed by atoms with Crippen LogP contribution in [0.3, 0.4) is 0 Å². The highest BCUT2D eigenvalue weighted by atomic mass is 16.5. The lowest BCUT2D eigenvalue weighted by Crippen LogP contribution is -2.41. The molecule has 0 saturated heterocycles. The molecule has 2 aromatic rings. The number of nitrogens with zero attached hydrogens (tertiary/aromatic N) is 4. The molecular formula is C15H19N5O3. The second-order valence-electron chi connectivity index (χ2n) is 5.77. The third-order valence-corrected chi connectivity index (χ3v) is 3.97. The predicted molar refractivity (Wildman–Crippen MR) is 80.8 cm³/mol. The van der Waals surface area contributed by atoms with E-state index in [0.29, 0.717) is 5.78 Å². The maximum absolute atomic E-state index is 12.1. The van der Waals surface area contributed by atoms with Crippen molar-refractivity contribution in [2.75, 3.05) is 0 Å². The fraction of sp³-hybridized carbons (Fsp3) is 0.533. The molecule has 0 spiro atoms. The highest BCUT2D eigenvalue weighted by Gasteiger charge is 2.25. The topological polar surface area (TPSA) is 98.5 Å². The van der Waals surface area contributed by atoms with Gasteiger partial charge in [0.2, 0.25) is 0 Å². The van der Waals surface area contributed by atoms with Crippen molar-refractivity contribution in [3.05, 3.63) is 23.8 Å². The minimum absolute atomic E-state index is 0.104. The van der Waals surface area contributed by atoms with Crippen LogP contribution in [-0.4, -0.2) is 43.6 Å². The van der Waals surface area contributed by atoms with E-state index in [1.807, 2.05) is 6.92 Å². The molecule has 0 unspecified atom stereocenters. The van der Waals surface area contributed by atoms with Crippen molar-refractivity contribution in [2.45, 2.75) is 51.7 Å². The second-order valence-corrected chi connectivity index (χ2v) is 5.77. The van der Waals surface area contributed by atoms with Crippen molar-refractivity contribution in [1.82, 2.24) is 24.9 Å². The van der Waals surface area contributed by atoms with Crippen molar-refractivity contribution in [3.63, 3.8) is 0 Å². The van der Waals surface area contributed by atoms with Crippen molar-refractivity contribution >= 4 is 17.7 Å². The quantitative estimate of drug-likeness (QED) is 0.846. The summed E-state index contributed by atoms with van der Waals surface area (Å²) >= 11 is 0. The highest BCUT2D eigenvalue weighted by Crippen LogP contribution is 2.17. The minimum atomic E-state index is -0.885. The largest absolute Gasteiger partial charge is 0.447 e. The molecule has 122 valence electrons. The standard InChI is InChI=1S/C15H19N5O3/c1-9-7-8-16-15-18-12(19-20(9)15)14(22)23-10(2)13(21)17-11-5-3-4-6-11/h7-8,10-11H,3-6H2,1-2H3,(H,17,21)/t10-/m0/s1. The van der Waals surface area contributed by atoms with Crippen LogP contribution < -0.4 is 5.32 Å². The van der Waals surface area contributed by atoms with Gasteiger partial charge in [-0.1, -0.05) is 12.8 Å². The van der Waals surface area contributed by atoms with E-state index < -0.39 is 12.1 Å². The van der Waals surface area contributed by atoms with Crippen LogP contribution in [0.25, 0.3) is 5.78 Å². The molecule has 8 heteroatoms. The number of amides is 1.